The fraction of sp³-hybridized carbons (Fsp3) is 0.222. The molecular formula is C9H11N2O6PS2. The summed E-state index contributed by atoms with van der Waals surface area (Å²) in [6, 6.07) is 1.55. The highest BCUT2D eigenvalue weighted by Crippen LogP contribution is 2.57. The van der Waals surface area contributed by atoms with Gasteiger partial charge in [-0.2, -0.15) is 8.42 Å². The lowest BCUT2D eigenvalue weighted by Gasteiger charge is -2.25. The number of hydrogen-bond donors (Lipinski definition) is 5. The van der Waals surface area contributed by atoms with Gasteiger partial charge in [0.05, 0.1) is 11.7 Å². The van der Waals surface area contributed by atoms with Gasteiger partial charge in [0.1, 0.15) is 0 Å². The molecule has 0 aliphatic heterocycles. The van der Waals surface area contributed by atoms with Crippen molar-refractivity contribution >= 4 is 41.2 Å². The van der Waals surface area contributed by atoms with E-state index in [-0.39, 0.29) is 0 Å². The number of fused-ring (bicyclic) bond motifs is 1. The van der Waals surface area contributed by atoms with Crippen molar-refractivity contribution in [3.05, 3.63) is 30.2 Å². The summed E-state index contributed by atoms with van der Waals surface area (Å²) in [5.74, 6) is 0. The number of pyridine rings is 1. The van der Waals surface area contributed by atoms with E-state index in [1.54, 1.807) is 6.07 Å². The molecular weight excluding hydrogens is 327 g/mol. The quantitative estimate of drug-likeness (QED) is 0.315. The third-order valence-corrected chi connectivity index (χ3v) is 7.93. The topological polar surface area (TPSA) is 141 Å². The van der Waals surface area contributed by atoms with Crippen LogP contribution in [0.3, 0.4) is 0 Å². The van der Waals surface area contributed by atoms with Gasteiger partial charge in [-0.1, -0.05) is 0 Å². The van der Waals surface area contributed by atoms with Crippen LogP contribution in [0.25, 0.3) is 10.9 Å². The molecule has 0 amide bonds. The number of thiol groups is 1. The van der Waals surface area contributed by atoms with Crippen LogP contribution >= 0.6 is 20.2 Å². The molecule has 11 heteroatoms. The molecule has 0 bridgehead atoms. The van der Waals surface area contributed by atoms with E-state index in [1.165, 1.54) is 18.6 Å². The Kier molecular flexibility index (Phi) is 3.74. The van der Waals surface area contributed by atoms with Crippen LogP contribution in [-0.2, 0) is 21.1 Å². The van der Waals surface area contributed by atoms with Gasteiger partial charge in [-0.3, -0.25) is 14.1 Å². The average molecular weight is 338 g/mol. The van der Waals surface area contributed by atoms with Crippen LogP contribution in [0.5, 0.6) is 0 Å². The van der Waals surface area contributed by atoms with E-state index in [0.29, 0.717) is 16.5 Å². The second-order valence-corrected chi connectivity index (χ2v) is 9.39. The van der Waals surface area contributed by atoms with Crippen LogP contribution in [0, 0.1) is 0 Å². The van der Waals surface area contributed by atoms with Crippen LogP contribution in [0.15, 0.2) is 24.7 Å². The monoisotopic (exact) mass is 338 g/mol. The van der Waals surface area contributed by atoms with Crippen molar-refractivity contribution in [3.8, 4) is 0 Å². The van der Waals surface area contributed by atoms with Crippen molar-refractivity contribution in [2.75, 3.05) is 0 Å². The molecule has 0 radical (unpaired) electrons. The highest BCUT2D eigenvalue weighted by Gasteiger charge is 2.55. The summed E-state index contributed by atoms with van der Waals surface area (Å²) in [4.78, 5) is 25.1. The highest BCUT2D eigenvalue weighted by atomic mass is 32.3. The smallest absolute Gasteiger partial charge is 0.359 e. The van der Waals surface area contributed by atoms with Crippen molar-refractivity contribution in [1.29, 1.82) is 0 Å². The molecule has 20 heavy (non-hydrogen) atoms. The molecule has 4 N–H and O–H groups in total. The van der Waals surface area contributed by atoms with Crippen molar-refractivity contribution in [2.45, 2.75) is 10.2 Å². The van der Waals surface area contributed by atoms with E-state index in [2.05, 4.69) is 22.6 Å². The molecule has 8 nitrogen and oxygen atoms in total. The Bertz CT molecular complexity index is 798. The molecule has 0 aliphatic carbocycles. The first-order valence-electron chi connectivity index (χ1n) is 5.21. The summed E-state index contributed by atoms with van der Waals surface area (Å²) in [5.41, 5.74) is 0.859. The van der Waals surface area contributed by atoms with E-state index in [1.807, 2.05) is 0 Å². The summed E-state index contributed by atoms with van der Waals surface area (Å²) in [5, 5.41) is 0.538. The number of nitrogens with zero attached hydrogens (tertiary/aromatic N) is 1. The number of rotatable bonds is 4. The fourth-order valence-corrected chi connectivity index (χ4v) is 3.86. The predicted octanol–water partition coefficient (Wildman–Crippen LogP) is 0.755. The molecule has 2 aromatic heterocycles. The largest absolute Gasteiger partial charge is 0.360 e. The molecule has 1 unspecified atom stereocenters. The molecule has 0 spiro atoms. The fourth-order valence-electron chi connectivity index (χ4n) is 1.77. The third kappa shape index (κ3) is 2.50. The second-order valence-electron chi connectivity index (χ2n) is 4.17. The van der Waals surface area contributed by atoms with Crippen molar-refractivity contribution in [1.82, 2.24) is 9.97 Å². The maximum Gasteiger partial charge on any atom is 0.359 e. The first kappa shape index (κ1) is 15.5. The highest BCUT2D eigenvalue weighted by molar-refractivity contribution is 8.12. The van der Waals surface area contributed by atoms with Crippen LogP contribution < -0.4 is 0 Å². The van der Waals surface area contributed by atoms with E-state index < -0.39 is 28.0 Å². The minimum atomic E-state index is -5.23. The minimum absolute atomic E-state index is 0.290. The number of nitrogens with one attached hydrogen (secondary N) is 1. The average Bonchev–Trinajstić information content (AvgIpc) is 2.70. The van der Waals surface area contributed by atoms with Gasteiger partial charge >= 0.3 is 7.60 Å². The summed E-state index contributed by atoms with van der Waals surface area (Å²) < 4.78 is 40.3. The molecule has 2 aromatic rings. The maximum absolute atomic E-state index is 11.4. The lowest BCUT2D eigenvalue weighted by Crippen LogP contribution is -2.34. The number of hydrogen-bond acceptors (Lipinski definition) is 5. The molecule has 0 aliphatic rings. The van der Waals surface area contributed by atoms with Gasteiger partial charge in [0.15, 0.2) is 0 Å². The molecule has 110 valence electrons. The standard InChI is InChI=1S/C9H11N2O6PS2/c12-18(13,14)9(19,20(15,16)17)3-6-4-11-8-5-10-2-1-7(6)8/h1-2,4-5,11,19H,3H2,(H2,12,13,14)(H,15,16,17). The number of aromatic amines is 1. The Morgan fingerprint density at radius 1 is 1.45 bits per heavy atom. The SMILES string of the molecule is O=P(O)(O)C(S)(Cc1c[nH]c2cnccc12)S(=O)(=O)O. The van der Waals surface area contributed by atoms with Crippen LogP contribution in [-0.4, -0.2) is 36.5 Å². The zero-order valence-corrected chi connectivity index (χ0v) is 12.4. The van der Waals surface area contributed by atoms with Crippen molar-refractivity contribution in [3.63, 3.8) is 0 Å². The maximum atomic E-state index is 11.4. The van der Waals surface area contributed by atoms with E-state index in [0.717, 1.165) is 0 Å². The van der Waals surface area contributed by atoms with Crippen LogP contribution in [0.1, 0.15) is 5.56 Å². The van der Waals surface area contributed by atoms with Gasteiger partial charge < -0.3 is 14.8 Å². The normalized spacial score (nSPS) is 16.2. The van der Waals surface area contributed by atoms with Gasteiger partial charge in [0.2, 0.25) is 3.82 Å². The number of H-pyrrole nitrogens is 1. The van der Waals surface area contributed by atoms with E-state index in [4.69, 9.17) is 4.55 Å². The Morgan fingerprint density at radius 3 is 2.65 bits per heavy atom. The summed E-state index contributed by atoms with van der Waals surface area (Å²) in [6.07, 6.45) is 3.65. The van der Waals surface area contributed by atoms with E-state index in [9.17, 15) is 22.8 Å². The first-order valence-corrected chi connectivity index (χ1v) is 8.71. The van der Waals surface area contributed by atoms with Gasteiger partial charge in [-0.15, -0.1) is 12.6 Å². The molecule has 0 saturated heterocycles. The van der Waals surface area contributed by atoms with Crippen molar-refractivity contribution in [2.24, 2.45) is 0 Å². The first-order chi connectivity index (χ1) is 9.06. The molecule has 2 rings (SSSR count). The summed E-state index contributed by atoms with van der Waals surface area (Å²) in [7, 11) is -10.3. The summed E-state index contributed by atoms with van der Waals surface area (Å²) in [6.45, 7) is 0. The van der Waals surface area contributed by atoms with Crippen LogP contribution in [0.2, 0.25) is 0 Å². The van der Waals surface area contributed by atoms with Crippen LogP contribution in [0.4, 0.5) is 0 Å². The molecule has 0 fully saturated rings. The molecule has 0 saturated carbocycles. The van der Waals surface area contributed by atoms with Crippen molar-refractivity contribution < 1.29 is 27.3 Å². The van der Waals surface area contributed by atoms with Gasteiger partial charge in [0.25, 0.3) is 10.1 Å². The molecule has 0 aromatic carbocycles. The Morgan fingerprint density at radius 2 is 2.10 bits per heavy atom. The Hall–Kier alpha value is -0.900. The number of aromatic nitrogens is 2. The zero-order chi connectivity index (χ0) is 15.2. The lowest BCUT2D eigenvalue weighted by molar-refractivity contribution is 0.358. The van der Waals surface area contributed by atoms with Gasteiger partial charge in [0, 0.05) is 24.2 Å². The zero-order valence-electron chi connectivity index (χ0n) is 9.83. The molecule has 2 heterocycles. The predicted molar refractivity (Wildman–Crippen MR) is 75.1 cm³/mol. The second kappa shape index (κ2) is 4.83. The Balaban J connectivity index is 2.58. The van der Waals surface area contributed by atoms with Gasteiger partial charge in [-0.25, -0.2) is 0 Å². The Labute approximate surface area is 119 Å². The summed E-state index contributed by atoms with van der Waals surface area (Å²) >= 11 is 3.56. The molecule has 1 atom stereocenters. The van der Waals surface area contributed by atoms with E-state index >= 15 is 0 Å². The third-order valence-electron chi connectivity index (χ3n) is 2.86. The minimum Gasteiger partial charge on any atom is -0.360 e. The van der Waals surface area contributed by atoms with Gasteiger partial charge in [-0.05, 0) is 11.6 Å². The lowest BCUT2D eigenvalue weighted by atomic mass is 10.2.